The molecule has 130 valence electrons. The molecule has 4 rings (SSSR count). The molecule has 2 N–H and O–H groups in total. The summed E-state index contributed by atoms with van der Waals surface area (Å²) in [7, 11) is 0. The van der Waals surface area contributed by atoms with Gasteiger partial charge in [-0.3, -0.25) is 19.3 Å². The number of nitro groups is 1. The van der Waals surface area contributed by atoms with E-state index in [-0.39, 0.29) is 17.3 Å². The highest BCUT2D eigenvalue weighted by Gasteiger charge is 2.14. The van der Waals surface area contributed by atoms with Gasteiger partial charge < -0.3 is 5.32 Å². The zero-order valence-corrected chi connectivity index (χ0v) is 14.1. The van der Waals surface area contributed by atoms with E-state index in [2.05, 4.69) is 20.5 Å². The second kappa shape index (κ2) is 6.48. The molecule has 0 saturated carbocycles. The van der Waals surface area contributed by atoms with Crippen LogP contribution in [0.4, 0.5) is 11.4 Å². The lowest BCUT2D eigenvalue weighted by molar-refractivity contribution is -0.384. The van der Waals surface area contributed by atoms with E-state index in [0.717, 1.165) is 11.0 Å². The number of thioether (sulfide) groups is 1. The summed E-state index contributed by atoms with van der Waals surface area (Å²) in [4.78, 5) is 26.9. The molecule has 0 atom stereocenters. The number of benzene rings is 2. The fourth-order valence-electron chi connectivity index (χ4n) is 2.56. The SMILES string of the molecule is O=C(CSc1n[nH]c2nc3ccccc3n12)Nc1cccc([N+](=O)[O-])c1. The van der Waals surface area contributed by atoms with Crippen molar-refractivity contribution < 1.29 is 9.72 Å². The quantitative estimate of drug-likeness (QED) is 0.318. The number of fused-ring (bicyclic) bond motifs is 3. The van der Waals surface area contributed by atoms with Gasteiger partial charge in [0.1, 0.15) is 0 Å². The first-order valence-corrected chi connectivity index (χ1v) is 8.59. The molecule has 26 heavy (non-hydrogen) atoms. The highest BCUT2D eigenvalue weighted by atomic mass is 32.2. The molecule has 0 saturated heterocycles. The van der Waals surface area contributed by atoms with E-state index in [1.807, 2.05) is 28.7 Å². The third-order valence-corrected chi connectivity index (χ3v) is 4.62. The predicted molar refractivity (Wildman–Crippen MR) is 97.3 cm³/mol. The molecule has 1 amide bonds. The van der Waals surface area contributed by atoms with Gasteiger partial charge in [-0.05, 0) is 18.2 Å². The van der Waals surface area contributed by atoms with Gasteiger partial charge in [-0.1, -0.05) is 30.0 Å². The van der Waals surface area contributed by atoms with Crippen LogP contribution in [0.5, 0.6) is 0 Å². The van der Waals surface area contributed by atoms with Gasteiger partial charge in [0, 0.05) is 17.8 Å². The topological polar surface area (TPSA) is 118 Å². The number of non-ortho nitro benzene ring substituents is 1. The molecule has 0 bridgehead atoms. The zero-order valence-electron chi connectivity index (χ0n) is 13.2. The van der Waals surface area contributed by atoms with Gasteiger partial charge >= 0.3 is 0 Å². The lowest BCUT2D eigenvalue weighted by Crippen LogP contribution is -2.14. The molecule has 2 heterocycles. The minimum absolute atomic E-state index is 0.0747. The van der Waals surface area contributed by atoms with Crippen LogP contribution < -0.4 is 5.32 Å². The number of hydrogen-bond acceptors (Lipinski definition) is 6. The number of nitrogens with one attached hydrogen (secondary N) is 2. The van der Waals surface area contributed by atoms with Crippen molar-refractivity contribution in [3.8, 4) is 0 Å². The van der Waals surface area contributed by atoms with E-state index in [9.17, 15) is 14.9 Å². The average Bonchev–Trinajstić information content (AvgIpc) is 3.19. The van der Waals surface area contributed by atoms with E-state index in [4.69, 9.17) is 0 Å². The predicted octanol–water partition coefficient (Wildman–Crippen LogP) is 2.85. The molecule has 0 aliphatic carbocycles. The third kappa shape index (κ3) is 2.97. The van der Waals surface area contributed by atoms with Crippen LogP contribution in [0.15, 0.2) is 53.7 Å². The summed E-state index contributed by atoms with van der Waals surface area (Å²) in [5.41, 5.74) is 2.04. The van der Waals surface area contributed by atoms with Crippen LogP contribution in [0.1, 0.15) is 0 Å². The second-order valence-electron chi connectivity index (χ2n) is 5.41. The summed E-state index contributed by atoms with van der Waals surface area (Å²) in [6, 6.07) is 13.5. The molecule has 10 heteroatoms. The summed E-state index contributed by atoms with van der Waals surface area (Å²) in [5, 5.41) is 21.1. The lowest BCUT2D eigenvalue weighted by atomic mass is 10.3. The second-order valence-corrected chi connectivity index (χ2v) is 6.35. The van der Waals surface area contributed by atoms with Crippen LogP contribution in [0.25, 0.3) is 16.8 Å². The van der Waals surface area contributed by atoms with Crippen LogP contribution in [-0.4, -0.2) is 36.2 Å². The van der Waals surface area contributed by atoms with Crippen molar-refractivity contribution in [2.24, 2.45) is 0 Å². The Kier molecular flexibility index (Phi) is 4.01. The molecule has 2 aromatic carbocycles. The van der Waals surface area contributed by atoms with Crippen molar-refractivity contribution in [1.29, 1.82) is 0 Å². The first-order chi connectivity index (χ1) is 12.6. The number of imidazole rings is 1. The normalized spacial score (nSPS) is 11.1. The van der Waals surface area contributed by atoms with E-state index in [1.54, 1.807) is 6.07 Å². The van der Waals surface area contributed by atoms with E-state index >= 15 is 0 Å². The fraction of sp³-hybridized carbons (Fsp3) is 0.0625. The number of hydrogen-bond donors (Lipinski definition) is 2. The summed E-state index contributed by atoms with van der Waals surface area (Å²) >= 11 is 1.25. The lowest BCUT2D eigenvalue weighted by Gasteiger charge is -2.04. The number of rotatable bonds is 5. The molecule has 0 radical (unpaired) electrons. The Balaban J connectivity index is 1.49. The largest absolute Gasteiger partial charge is 0.325 e. The Morgan fingerprint density at radius 3 is 2.96 bits per heavy atom. The number of nitrogens with zero attached hydrogens (tertiary/aromatic N) is 4. The molecule has 0 aliphatic heterocycles. The van der Waals surface area contributed by atoms with Crippen molar-refractivity contribution in [3.63, 3.8) is 0 Å². The Bertz CT molecular complexity index is 1140. The van der Waals surface area contributed by atoms with E-state index < -0.39 is 4.92 Å². The molecule has 9 nitrogen and oxygen atoms in total. The van der Waals surface area contributed by atoms with Gasteiger partial charge in [0.05, 0.1) is 21.7 Å². The zero-order chi connectivity index (χ0) is 18.1. The third-order valence-electron chi connectivity index (χ3n) is 3.68. The van der Waals surface area contributed by atoms with Gasteiger partial charge in [-0.15, -0.1) is 5.10 Å². The van der Waals surface area contributed by atoms with Crippen molar-refractivity contribution >= 4 is 45.9 Å². The number of aromatic amines is 1. The van der Waals surface area contributed by atoms with Crippen molar-refractivity contribution in [3.05, 3.63) is 58.6 Å². The smallest absolute Gasteiger partial charge is 0.271 e. The molecular formula is C16H12N6O3S. The summed E-state index contributed by atoms with van der Waals surface area (Å²) in [5.74, 6) is 0.429. The Morgan fingerprint density at radius 1 is 1.27 bits per heavy atom. The van der Waals surface area contributed by atoms with Crippen LogP contribution in [0.3, 0.4) is 0 Å². The number of amides is 1. The van der Waals surface area contributed by atoms with Gasteiger partial charge in [-0.2, -0.15) is 0 Å². The number of nitro benzene ring substituents is 1. The van der Waals surface area contributed by atoms with Gasteiger partial charge in [0.2, 0.25) is 11.7 Å². The number of aromatic nitrogens is 4. The molecule has 0 spiro atoms. The Morgan fingerprint density at radius 2 is 2.12 bits per heavy atom. The molecular weight excluding hydrogens is 356 g/mol. The summed E-state index contributed by atoms with van der Waals surface area (Å²) in [6.45, 7) is 0. The number of anilines is 1. The maximum absolute atomic E-state index is 12.2. The molecule has 0 aliphatic rings. The highest BCUT2D eigenvalue weighted by molar-refractivity contribution is 7.99. The van der Waals surface area contributed by atoms with E-state index in [1.165, 1.54) is 30.0 Å². The molecule has 2 aromatic heterocycles. The van der Waals surface area contributed by atoms with Gasteiger partial charge in [-0.25, -0.2) is 10.1 Å². The number of para-hydroxylation sites is 2. The molecule has 0 fully saturated rings. The fourth-order valence-corrected chi connectivity index (χ4v) is 3.32. The van der Waals surface area contributed by atoms with Crippen LogP contribution in [0, 0.1) is 10.1 Å². The Labute approximate surface area is 150 Å². The number of H-pyrrole nitrogens is 1. The first-order valence-electron chi connectivity index (χ1n) is 7.60. The maximum atomic E-state index is 12.2. The van der Waals surface area contributed by atoms with Gasteiger partial charge in [0.15, 0.2) is 5.16 Å². The molecule has 0 unspecified atom stereocenters. The standard InChI is InChI=1S/C16H12N6O3S/c23-14(17-10-4-3-5-11(8-10)22(24)25)9-26-16-20-19-15-18-12-6-1-2-7-13(12)21(15)16/h1-8H,9H2,(H,17,23)(H,18,19). The van der Waals surface area contributed by atoms with Gasteiger partial charge in [0.25, 0.3) is 5.69 Å². The summed E-state index contributed by atoms with van der Waals surface area (Å²) < 4.78 is 1.85. The minimum Gasteiger partial charge on any atom is -0.325 e. The van der Waals surface area contributed by atoms with E-state index in [0.29, 0.717) is 16.6 Å². The molecule has 4 aromatic rings. The van der Waals surface area contributed by atoms with Crippen LogP contribution in [-0.2, 0) is 4.79 Å². The first kappa shape index (κ1) is 16.1. The average molecular weight is 368 g/mol. The highest BCUT2D eigenvalue weighted by Crippen LogP contribution is 2.23. The van der Waals surface area contributed by atoms with Crippen molar-refractivity contribution in [2.75, 3.05) is 11.1 Å². The van der Waals surface area contributed by atoms with Crippen molar-refractivity contribution in [1.82, 2.24) is 19.6 Å². The number of carbonyl (C=O) groups excluding carboxylic acids is 1. The van der Waals surface area contributed by atoms with Crippen LogP contribution >= 0.6 is 11.8 Å². The summed E-state index contributed by atoms with van der Waals surface area (Å²) in [6.07, 6.45) is 0. The monoisotopic (exact) mass is 368 g/mol. The van der Waals surface area contributed by atoms with Crippen LogP contribution in [0.2, 0.25) is 0 Å². The maximum Gasteiger partial charge on any atom is 0.271 e. The Hall–Kier alpha value is -3.40. The minimum atomic E-state index is -0.505. The number of carbonyl (C=O) groups is 1. The van der Waals surface area contributed by atoms with Crippen molar-refractivity contribution in [2.45, 2.75) is 5.16 Å².